The number of unbranched alkanes of at least 4 members (excludes halogenated alkanes) is 21. The lowest BCUT2D eigenvalue weighted by Gasteiger charge is -2.18. The molecule has 0 fully saturated rings. The van der Waals surface area contributed by atoms with Crippen molar-refractivity contribution in [2.45, 2.75) is 277 Å². The standard InChI is InChI=1S/C72H116O6/c1-4-7-10-13-16-18-20-22-24-26-28-29-30-31-32-33-34-35-36-37-38-39-40-41-42-43-44-46-47-49-51-53-56-59-62-65-71(74)77-68-69(67-76-70(73)64-61-58-55-15-12-9-6-3)78-72(75)66-63-60-57-54-52-50-48-45-27-25-23-21-19-17-14-11-8-5-2/h7,10,16,18-19,21-22,24-25,27-29,31-32,34-35,37-38,40-41,43-44,47,49,69H,4-6,8-9,11-15,17,20,23,26,30,33,36,39,42,45-46,48,50-68H2,1-3H3/b10-7-,18-16-,21-19-,24-22-,27-25-,29-28-,32-31-,35-34-,38-37-,41-40-,44-43-,49-47-. The van der Waals surface area contributed by atoms with Crippen LogP contribution in [0.5, 0.6) is 0 Å². The van der Waals surface area contributed by atoms with E-state index in [1.807, 2.05) is 0 Å². The molecule has 0 aromatic rings. The quantitative estimate of drug-likeness (QED) is 0.0261. The van der Waals surface area contributed by atoms with Crippen molar-refractivity contribution in [3.05, 3.63) is 146 Å². The van der Waals surface area contributed by atoms with Crippen molar-refractivity contribution in [3.8, 4) is 0 Å². The minimum Gasteiger partial charge on any atom is -0.462 e. The molecule has 0 heterocycles. The highest BCUT2D eigenvalue weighted by molar-refractivity contribution is 5.71. The van der Waals surface area contributed by atoms with E-state index in [9.17, 15) is 14.4 Å². The summed E-state index contributed by atoms with van der Waals surface area (Å²) in [4.78, 5) is 38.0. The lowest BCUT2D eigenvalue weighted by Crippen LogP contribution is -2.30. The predicted octanol–water partition coefficient (Wildman–Crippen LogP) is 21.9. The highest BCUT2D eigenvalue weighted by Crippen LogP contribution is 2.14. The zero-order valence-corrected chi connectivity index (χ0v) is 50.4. The Kier molecular flexibility index (Phi) is 60.9. The zero-order valence-electron chi connectivity index (χ0n) is 50.4. The van der Waals surface area contributed by atoms with Gasteiger partial charge in [0.1, 0.15) is 13.2 Å². The summed E-state index contributed by atoms with van der Waals surface area (Å²) in [5.74, 6) is -0.935. The summed E-state index contributed by atoms with van der Waals surface area (Å²) in [6.45, 7) is 6.43. The third-order valence-electron chi connectivity index (χ3n) is 13.1. The summed E-state index contributed by atoms with van der Waals surface area (Å²) in [5.41, 5.74) is 0. The third kappa shape index (κ3) is 62.1. The molecule has 0 aliphatic rings. The van der Waals surface area contributed by atoms with Crippen LogP contribution in [0.25, 0.3) is 0 Å². The van der Waals surface area contributed by atoms with Gasteiger partial charge in [-0.15, -0.1) is 0 Å². The lowest BCUT2D eigenvalue weighted by atomic mass is 10.1. The molecular weight excluding hydrogens is 961 g/mol. The lowest BCUT2D eigenvalue weighted by molar-refractivity contribution is -0.167. The molecule has 6 heteroatoms. The summed E-state index contributed by atoms with van der Waals surface area (Å²) < 4.78 is 16.8. The number of hydrogen-bond acceptors (Lipinski definition) is 6. The molecule has 1 unspecified atom stereocenters. The Labute approximate surface area is 480 Å². The van der Waals surface area contributed by atoms with Crippen molar-refractivity contribution < 1.29 is 28.6 Å². The fourth-order valence-electron chi connectivity index (χ4n) is 8.32. The SMILES string of the molecule is CC/C=C\C/C=C\C/C=C\C/C=C\C/C=C\C/C=C\C/C=C\C/C=C\C/C=C\C/C=C\CCCCCCC(=O)OCC(COC(=O)CCCCCCCCC)OC(=O)CCCCCCCCC/C=C\C/C=C\CCCCCC. The van der Waals surface area contributed by atoms with Gasteiger partial charge in [-0.2, -0.15) is 0 Å². The van der Waals surface area contributed by atoms with Crippen LogP contribution in [0.4, 0.5) is 0 Å². The van der Waals surface area contributed by atoms with E-state index < -0.39 is 6.10 Å². The van der Waals surface area contributed by atoms with Gasteiger partial charge in [0.05, 0.1) is 0 Å². The van der Waals surface area contributed by atoms with Crippen molar-refractivity contribution >= 4 is 17.9 Å². The maximum atomic E-state index is 12.8. The Morgan fingerprint density at radius 2 is 0.500 bits per heavy atom. The van der Waals surface area contributed by atoms with Gasteiger partial charge in [-0.05, 0) is 128 Å². The molecule has 440 valence electrons. The summed E-state index contributed by atoms with van der Waals surface area (Å²) in [6.07, 6.45) is 93.0. The number of carbonyl (C=O) groups excluding carboxylic acids is 3. The monoisotopic (exact) mass is 1080 g/mol. The molecule has 78 heavy (non-hydrogen) atoms. The zero-order chi connectivity index (χ0) is 56.4. The molecule has 0 aromatic carbocycles. The Morgan fingerprint density at radius 1 is 0.269 bits per heavy atom. The minimum absolute atomic E-state index is 0.0924. The molecule has 0 N–H and O–H groups in total. The largest absolute Gasteiger partial charge is 0.462 e. The van der Waals surface area contributed by atoms with Gasteiger partial charge < -0.3 is 14.2 Å². The first-order valence-electron chi connectivity index (χ1n) is 31.8. The predicted molar refractivity (Wildman–Crippen MR) is 339 cm³/mol. The highest BCUT2D eigenvalue weighted by Gasteiger charge is 2.19. The highest BCUT2D eigenvalue weighted by atomic mass is 16.6. The van der Waals surface area contributed by atoms with Gasteiger partial charge in [0.15, 0.2) is 6.10 Å². The normalized spacial score (nSPS) is 13.1. The van der Waals surface area contributed by atoms with E-state index in [1.165, 1.54) is 83.5 Å². The van der Waals surface area contributed by atoms with Gasteiger partial charge in [-0.25, -0.2) is 0 Å². The average molecular weight is 1080 g/mol. The molecule has 0 spiro atoms. The van der Waals surface area contributed by atoms with E-state index in [-0.39, 0.29) is 31.1 Å². The summed E-state index contributed by atoms with van der Waals surface area (Å²) in [6, 6.07) is 0. The fourth-order valence-corrected chi connectivity index (χ4v) is 8.32. The number of carbonyl (C=O) groups is 3. The van der Waals surface area contributed by atoms with Crippen LogP contribution in [0.3, 0.4) is 0 Å². The average Bonchev–Trinajstić information content (AvgIpc) is 3.44. The first-order valence-corrected chi connectivity index (χ1v) is 31.8. The van der Waals surface area contributed by atoms with E-state index in [1.54, 1.807) is 0 Å². The van der Waals surface area contributed by atoms with Crippen molar-refractivity contribution in [2.24, 2.45) is 0 Å². The van der Waals surface area contributed by atoms with Crippen molar-refractivity contribution in [3.63, 3.8) is 0 Å². The van der Waals surface area contributed by atoms with E-state index in [4.69, 9.17) is 14.2 Å². The summed E-state index contributed by atoms with van der Waals surface area (Å²) >= 11 is 0. The van der Waals surface area contributed by atoms with Crippen molar-refractivity contribution in [2.75, 3.05) is 13.2 Å². The minimum atomic E-state index is -0.795. The smallest absolute Gasteiger partial charge is 0.306 e. The number of ether oxygens (including phenoxy) is 3. The van der Waals surface area contributed by atoms with E-state index >= 15 is 0 Å². The van der Waals surface area contributed by atoms with Crippen LogP contribution in [0, 0.1) is 0 Å². The van der Waals surface area contributed by atoms with E-state index in [0.717, 1.165) is 148 Å². The van der Waals surface area contributed by atoms with Crippen LogP contribution < -0.4 is 0 Å². The maximum Gasteiger partial charge on any atom is 0.306 e. The third-order valence-corrected chi connectivity index (χ3v) is 13.1. The molecule has 0 amide bonds. The molecule has 6 nitrogen and oxygen atoms in total. The van der Waals surface area contributed by atoms with Gasteiger partial charge in [0.25, 0.3) is 0 Å². The Morgan fingerprint density at radius 3 is 0.795 bits per heavy atom. The molecule has 0 saturated heterocycles. The van der Waals surface area contributed by atoms with Crippen LogP contribution in [0.15, 0.2) is 146 Å². The van der Waals surface area contributed by atoms with Gasteiger partial charge >= 0.3 is 17.9 Å². The van der Waals surface area contributed by atoms with Gasteiger partial charge in [0.2, 0.25) is 0 Å². The molecule has 0 aliphatic carbocycles. The molecule has 0 aliphatic heterocycles. The van der Waals surface area contributed by atoms with Crippen molar-refractivity contribution in [1.29, 1.82) is 0 Å². The maximum absolute atomic E-state index is 12.8. The Bertz CT molecular complexity index is 1710. The fraction of sp³-hybridized carbons (Fsp3) is 0.625. The topological polar surface area (TPSA) is 78.9 Å². The van der Waals surface area contributed by atoms with Gasteiger partial charge in [-0.3, -0.25) is 14.4 Å². The Balaban J connectivity index is 4.22. The molecule has 0 saturated carbocycles. The van der Waals surface area contributed by atoms with Crippen LogP contribution in [0.2, 0.25) is 0 Å². The summed E-state index contributed by atoms with van der Waals surface area (Å²) in [5, 5.41) is 0. The van der Waals surface area contributed by atoms with Crippen LogP contribution >= 0.6 is 0 Å². The van der Waals surface area contributed by atoms with Gasteiger partial charge in [-0.1, -0.05) is 269 Å². The van der Waals surface area contributed by atoms with E-state index in [2.05, 4.69) is 167 Å². The first-order chi connectivity index (χ1) is 38.5. The van der Waals surface area contributed by atoms with E-state index in [0.29, 0.717) is 19.3 Å². The Hall–Kier alpha value is -4.71. The number of allylic oxidation sites excluding steroid dienone is 24. The second kappa shape index (κ2) is 64.8. The van der Waals surface area contributed by atoms with Crippen LogP contribution in [-0.2, 0) is 28.6 Å². The second-order valence-corrected chi connectivity index (χ2v) is 20.6. The first kappa shape index (κ1) is 73.3. The van der Waals surface area contributed by atoms with Crippen LogP contribution in [0.1, 0.15) is 271 Å². The van der Waals surface area contributed by atoms with Crippen LogP contribution in [-0.4, -0.2) is 37.2 Å². The molecule has 0 aromatic heterocycles. The second-order valence-electron chi connectivity index (χ2n) is 20.6. The molecule has 1 atom stereocenters. The summed E-state index contributed by atoms with van der Waals surface area (Å²) in [7, 11) is 0. The number of rotatable bonds is 56. The molecule has 0 radical (unpaired) electrons. The molecule has 0 rings (SSSR count). The number of hydrogen-bond donors (Lipinski definition) is 0. The molecule has 0 bridgehead atoms. The van der Waals surface area contributed by atoms with Crippen molar-refractivity contribution in [1.82, 2.24) is 0 Å². The number of esters is 3. The molecular formula is C72H116O6. The van der Waals surface area contributed by atoms with Gasteiger partial charge in [0, 0.05) is 19.3 Å².